The summed E-state index contributed by atoms with van der Waals surface area (Å²) in [5.41, 5.74) is -0.962. The van der Waals surface area contributed by atoms with Crippen molar-refractivity contribution in [2.24, 2.45) is 4.99 Å². The predicted molar refractivity (Wildman–Crippen MR) is 95.2 cm³/mol. The molecule has 0 saturated heterocycles. The van der Waals surface area contributed by atoms with Gasteiger partial charge in [-0.15, -0.1) is 24.0 Å². The van der Waals surface area contributed by atoms with Gasteiger partial charge in [0.05, 0.1) is 0 Å². The lowest BCUT2D eigenvalue weighted by molar-refractivity contribution is -0.141. The molecule has 0 atom stereocenters. The molecule has 0 aliphatic heterocycles. The number of nitrogens with one attached hydrogen (secondary N) is 3. The third-order valence-electron chi connectivity index (χ3n) is 2.48. The van der Waals surface area contributed by atoms with E-state index in [4.69, 9.17) is 0 Å². The Kier molecular flexibility index (Phi) is 10.6. The van der Waals surface area contributed by atoms with Gasteiger partial charge in [-0.2, -0.15) is 13.2 Å². The first-order chi connectivity index (χ1) is 10.5. The van der Waals surface area contributed by atoms with E-state index in [9.17, 15) is 13.2 Å². The Morgan fingerprint density at radius 3 is 2.57 bits per heavy atom. The summed E-state index contributed by atoms with van der Waals surface area (Å²) in [6, 6.07) is 0.837. The van der Waals surface area contributed by atoms with Crippen LogP contribution in [0.5, 0.6) is 0 Å². The van der Waals surface area contributed by atoms with Crippen LogP contribution in [0.1, 0.15) is 26.0 Å². The largest absolute Gasteiger partial charge is 0.433 e. The summed E-state index contributed by atoms with van der Waals surface area (Å²) in [6.07, 6.45) is -2.45. The fraction of sp³-hybridized carbons (Fsp3) is 0.615. The van der Waals surface area contributed by atoms with Gasteiger partial charge in [-0.1, -0.05) is 6.92 Å². The topological polar surface area (TPSA) is 74.2 Å². The van der Waals surface area contributed by atoms with Crippen molar-refractivity contribution >= 4 is 35.9 Å². The minimum absolute atomic E-state index is 0. The number of rotatable bonds is 7. The highest BCUT2D eigenvalue weighted by Gasteiger charge is 2.32. The molecular formula is C13H22F3IN6. The Bertz CT molecular complexity index is 481. The maximum atomic E-state index is 12.5. The molecule has 0 aliphatic rings. The van der Waals surface area contributed by atoms with E-state index in [1.165, 1.54) is 0 Å². The van der Waals surface area contributed by atoms with Gasteiger partial charge in [-0.3, -0.25) is 4.99 Å². The highest BCUT2D eigenvalue weighted by atomic mass is 127. The highest BCUT2D eigenvalue weighted by molar-refractivity contribution is 14.0. The first-order valence-corrected chi connectivity index (χ1v) is 7.13. The molecule has 0 saturated carbocycles. The van der Waals surface area contributed by atoms with E-state index >= 15 is 0 Å². The molecule has 0 spiro atoms. The lowest BCUT2D eigenvalue weighted by Crippen LogP contribution is -2.39. The lowest BCUT2D eigenvalue weighted by atomic mass is 10.4. The molecule has 0 radical (unpaired) electrons. The molecule has 1 aromatic heterocycles. The number of anilines is 1. The van der Waals surface area contributed by atoms with Crippen LogP contribution in [0.2, 0.25) is 0 Å². The first-order valence-electron chi connectivity index (χ1n) is 7.13. The van der Waals surface area contributed by atoms with Crippen LogP contribution in [0.3, 0.4) is 0 Å². The second-order valence-electron chi connectivity index (χ2n) is 4.38. The van der Waals surface area contributed by atoms with Crippen LogP contribution in [0.25, 0.3) is 0 Å². The van der Waals surface area contributed by atoms with Crippen LogP contribution < -0.4 is 16.0 Å². The summed E-state index contributed by atoms with van der Waals surface area (Å²) in [5.74, 6) is 0.628. The van der Waals surface area contributed by atoms with Crippen LogP contribution in [-0.4, -0.2) is 42.1 Å². The number of aromatic nitrogens is 2. The van der Waals surface area contributed by atoms with E-state index < -0.39 is 11.9 Å². The average molecular weight is 446 g/mol. The van der Waals surface area contributed by atoms with Crippen molar-refractivity contribution in [2.75, 3.05) is 31.5 Å². The van der Waals surface area contributed by atoms with E-state index in [0.29, 0.717) is 25.6 Å². The molecule has 0 aliphatic carbocycles. The molecule has 0 amide bonds. The molecule has 0 fully saturated rings. The van der Waals surface area contributed by atoms with E-state index in [-0.39, 0.29) is 29.9 Å². The number of guanidine groups is 1. The summed E-state index contributed by atoms with van der Waals surface area (Å²) in [7, 11) is 0. The van der Waals surface area contributed by atoms with Gasteiger partial charge >= 0.3 is 6.18 Å². The van der Waals surface area contributed by atoms with E-state index in [1.807, 2.05) is 13.8 Å². The maximum Gasteiger partial charge on any atom is 0.433 e. The van der Waals surface area contributed by atoms with Crippen LogP contribution >= 0.6 is 24.0 Å². The smallest absolute Gasteiger partial charge is 0.357 e. The molecule has 23 heavy (non-hydrogen) atoms. The van der Waals surface area contributed by atoms with Gasteiger partial charge in [-0.25, -0.2) is 9.97 Å². The number of alkyl halides is 3. The molecule has 0 aromatic carbocycles. The highest BCUT2D eigenvalue weighted by Crippen LogP contribution is 2.27. The molecule has 10 heteroatoms. The Balaban J connectivity index is 0.00000484. The Hall–Kier alpha value is -1.33. The molecular weight excluding hydrogens is 424 g/mol. The zero-order valence-electron chi connectivity index (χ0n) is 13.1. The summed E-state index contributed by atoms with van der Waals surface area (Å²) in [4.78, 5) is 11.5. The number of aliphatic imine (C=N–C) groups is 1. The van der Waals surface area contributed by atoms with Crippen molar-refractivity contribution in [2.45, 2.75) is 26.4 Å². The molecule has 1 heterocycles. The van der Waals surface area contributed by atoms with Crippen molar-refractivity contribution in [1.82, 2.24) is 20.6 Å². The van der Waals surface area contributed by atoms with Gasteiger partial charge in [0, 0.05) is 32.4 Å². The van der Waals surface area contributed by atoms with Crippen molar-refractivity contribution in [3.63, 3.8) is 0 Å². The number of hydrogen-bond acceptors (Lipinski definition) is 4. The SMILES string of the molecule is CCCN=C(NCC)NCCNc1nccc(C(F)(F)F)n1.I. The van der Waals surface area contributed by atoms with Crippen molar-refractivity contribution in [3.05, 3.63) is 18.0 Å². The van der Waals surface area contributed by atoms with Gasteiger partial charge in [0.25, 0.3) is 0 Å². The Morgan fingerprint density at radius 1 is 1.22 bits per heavy atom. The quantitative estimate of drug-likeness (QED) is 0.260. The second kappa shape index (κ2) is 11.2. The van der Waals surface area contributed by atoms with Crippen LogP contribution in [-0.2, 0) is 6.18 Å². The predicted octanol–water partition coefficient (Wildman–Crippen LogP) is 2.49. The normalized spacial score (nSPS) is 11.6. The third kappa shape index (κ3) is 8.77. The molecule has 0 unspecified atom stereocenters. The van der Waals surface area contributed by atoms with E-state index in [2.05, 4.69) is 30.9 Å². The monoisotopic (exact) mass is 446 g/mol. The summed E-state index contributed by atoms with van der Waals surface area (Å²) >= 11 is 0. The van der Waals surface area contributed by atoms with Crippen molar-refractivity contribution < 1.29 is 13.2 Å². The van der Waals surface area contributed by atoms with Gasteiger partial charge < -0.3 is 16.0 Å². The number of hydrogen-bond donors (Lipinski definition) is 3. The molecule has 1 aromatic rings. The fourth-order valence-electron chi connectivity index (χ4n) is 1.52. The standard InChI is InChI=1S/C13H21F3N6.HI/c1-3-6-18-11(17-4-2)20-8-9-21-12-19-7-5-10(22-12)13(14,15)16;/h5,7H,3-4,6,8-9H2,1-2H3,(H2,17,18,20)(H,19,21,22);1H. The van der Waals surface area contributed by atoms with E-state index in [0.717, 1.165) is 25.2 Å². The third-order valence-corrected chi connectivity index (χ3v) is 2.48. The Labute approximate surface area is 150 Å². The first kappa shape index (κ1) is 21.7. The molecule has 1 rings (SSSR count). The second-order valence-corrected chi connectivity index (χ2v) is 4.38. The molecule has 3 N–H and O–H groups in total. The minimum Gasteiger partial charge on any atom is -0.357 e. The van der Waals surface area contributed by atoms with Gasteiger partial charge in [0.15, 0.2) is 5.96 Å². The summed E-state index contributed by atoms with van der Waals surface area (Å²) in [6.45, 7) is 6.28. The minimum atomic E-state index is -4.47. The number of halogens is 4. The number of nitrogens with zero attached hydrogens (tertiary/aromatic N) is 3. The van der Waals surface area contributed by atoms with Crippen LogP contribution in [0.15, 0.2) is 17.3 Å². The summed E-state index contributed by atoms with van der Waals surface area (Å²) < 4.78 is 37.5. The van der Waals surface area contributed by atoms with Crippen molar-refractivity contribution in [3.8, 4) is 0 Å². The molecule has 0 bridgehead atoms. The fourth-order valence-corrected chi connectivity index (χ4v) is 1.52. The molecule has 6 nitrogen and oxygen atoms in total. The van der Waals surface area contributed by atoms with Gasteiger partial charge in [0.2, 0.25) is 5.95 Å². The van der Waals surface area contributed by atoms with Gasteiger partial charge in [0.1, 0.15) is 5.69 Å². The van der Waals surface area contributed by atoms with Crippen LogP contribution in [0, 0.1) is 0 Å². The average Bonchev–Trinajstić information content (AvgIpc) is 2.48. The van der Waals surface area contributed by atoms with Gasteiger partial charge in [-0.05, 0) is 19.4 Å². The maximum absolute atomic E-state index is 12.5. The van der Waals surface area contributed by atoms with Crippen molar-refractivity contribution in [1.29, 1.82) is 0 Å². The van der Waals surface area contributed by atoms with Crippen LogP contribution in [0.4, 0.5) is 19.1 Å². The molecule has 132 valence electrons. The van der Waals surface area contributed by atoms with E-state index in [1.54, 1.807) is 0 Å². The zero-order valence-corrected chi connectivity index (χ0v) is 15.4. The summed E-state index contributed by atoms with van der Waals surface area (Å²) in [5, 5.41) is 8.89. The lowest BCUT2D eigenvalue weighted by Gasteiger charge is -2.12. The zero-order chi connectivity index (χ0) is 16.4. The Morgan fingerprint density at radius 2 is 1.96 bits per heavy atom.